The summed E-state index contributed by atoms with van der Waals surface area (Å²) in [6.07, 6.45) is 6.12. The van der Waals surface area contributed by atoms with Crippen LogP contribution >= 0.6 is 0 Å². The summed E-state index contributed by atoms with van der Waals surface area (Å²) in [5.41, 5.74) is 4.29. The number of nitrogens with one attached hydrogen (secondary N) is 1. The molecule has 0 aliphatic heterocycles. The first-order valence-electron chi connectivity index (χ1n) is 12.2. The van der Waals surface area contributed by atoms with Crippen molar-refractivity contribution in [3.63, 3.8) is 0 Å². The van der Waals surface area contributed by atoms with Gasteiger partial charge < -0.3 is 15.0 Å². The smallest absolute Gasteiger partial charge is 0.261 e. The zero-order chi connectivity index (χ0) is 23.8. The summed E-state index contributed by atoms with van der Waals surface area (Å²) in [6, 6.07) is 13.6. The van der Waals surface area contributed by atoms with E-state index in [2.05, 4.69) is 5.32 Å². The maximum atomic E-state index is 13.4. The fourth-order valence-electron chi connectivity index (χ4n) is 4.62. The lowest BCUT2D eigenvalue weighted by Crippen LogP contribution is -2.52. The number of carbonyl (C=O) groups is 2. The van der Waals surface area contributed by atoms with Crippen molar-refractivity contribution in [3.05, 3.63) is 64.7 Å². The second kappa shape index (κ2) is 11.9. The first-order valence-corrected chi connectivity index (χ1v) is 12.2. The lowest BCUT2D eigenvalue weighted by Gasteiger charge is -2.33. The predicted molar refractivity (Wildman–Crippen MR) is 132 cm³/mol. The Kier molecular flexibility index (Phi) is 8.93. The average molecular weight is 451 g/mol. The second-order valence-electron chi connectivity index (χ2n) is 9.27. The quantitative estimate of drug-likeness (QED) is 0.568. The number of hydrogen-bond donors (Lipinski definition) is 1. The van der Waals surface area contributed by atoms with Gasteiger partial charge in [-0.1, -0.05) is 68.1 Å². The van der Waals surface area contributed by atoms with Crippen LogP contribution in [-0.4, -0.2) is 35.4 Å². The molecule has 2 aromatic rings. The zero-order valence-corrected chi connectivity index (χ0v) is 20.5. The molecule has 0 radical (unpaired) electrons. The SMILES string of the molecule is CC[C@@H](C(=O)NC1CCCCC1)N(Cc1ccccc1C)C(=O)COc1ccc(C)cc1C. The van der Waals surface area contributed by atoms with Gasteiger partial charge in [-0.2, -0.15) is 0 Å². The van der Waals surface area contributed by atoms with E-state index in [-0.39, 0.29) is 24.5 Å². The molecule has 0 unspecified atom stereocenters. The number of rotatable bonds is 9. The van der Waals surface area contributed by atoms with Gasteiger partial charge in [-0.25, -0.2) is 0 Å². The van der Waals surface area contributed by atoms with Crippen LogP contribution in [-0.2, 0) is 16.1 Å². The highest BCUT2D eigenvalue weighted by Crippen LogP contribution is 2.21. The third-order valence-corrected chi connectivity index (χ3v) is 6.62. The minimum atomic E-state index is -0.526. The van der Waals surface area contributed by atoms with Crippen LogP contribution in [0.4, 0.5) is 0 Å². The number of aryl methyl sites for hydroxylation is 3. The highest BCUT2D eigenvalue weighted by molar-refractivity contribution is 5.88. The number of benzene rings is 2. The molecular formula is C28H38N2O3. The van der Waals surface area contributed by atoms with E-state index in [9.17, 15) is 9.59 Å². The Labute approximate surface area is 198 Å². The summed E-state index contributed by atoms with van der Waals surface area (Å²) in [7, 11) is 0. The highest BCUT2D eigenvalue weighted by atomic mass is 16.5. The molecule has 1 aliphatic carbocycles. The Bertz CT molecular complexity index is 950. The topological polar surface area (TPSA) is 58.6 Å². The molecule has 33 heavy (non-hydrogen) atoms. The Morgan fingerprint density at radius 1 is 1.03 bits per heavy atom. The van der Waals surface area contributed by atoms with Crippen LogP contribution in [0.5, 0.6) is 5.75 Å². The first kappa shape index (κ1) is 24.8. The van der Waals surface area contributed by atoms with E-state index >= 15 is 0 Å². The Morgan fingerprint density at radius 3 is 2.42 bits per heavy atom. The molecule has 0 spiro atoms. The van der Waals surface area contributed by atoms with Crippen molar-refractivity contribution in [1.82, 2.24) is 10.2 Å². The summed E-state index contributed by atoms with van der Waals surface area (Å²) in [5, 5.41) is 3.22. The molecule has 0 saturated heterocycles. The Morgan fingerprint density at radius 2 is 1.76 bits per heavy atom. The third-order valence-electron chi connectivity index (χ3n) is 6.62. The van der Waals surface area contributed by atoms with Crippen LogP contribution in [0.25, 0.3) is 0 Å². The monoisotopic (exact) mass is 450 g/mol. The van der Waals surface area contributed by atoms with Crippen LogP contribution in [0.2, 0.25) is 0 Å². The van der Waals surface area contributed by atoms with Crippen LogP contribution in [0, 0.1) is 20.8 Å². The molecule has 1 N–H and O–H groups in total. The lowest BCUT2D eigenvalue weighted by atomic mass is 9.95. The number of nitrogens with zero attached hydrogens (tertiary/aromatic N) is 1. The summed E-state index contributed by atoms with van der Waals surface area (Å²) < 4.78 is 5.90. The van der Waals surface area contributed by atoms with Crippen molar-refractivity contribution < 1.29 is 14.3 Å². The molecule has 2 amide bonds. The molecule has 2 aromatic carbocycles. The summed E-state index contributed by atoms with van der Waals surface area (Å²) in [5.74, 6) is 0.464. The number of carbonyl (C=O) groups excluding carboxylic acids is 2. The third kappa shape index (κ3) is 6.83. The second-order valence-corrected chi connectivity index (χ2v) is 9.27. The maximum Gasteiger partial charge on any atom is 0.261 e. The zero-order valence-electron chi connectivity index (χ0n) is 20.5. The van der Waals surface area contributed by atoms with E-state index in [4.69, 9.17) is 4.74 Å². The molecule has 0 bridgehead atoms. The van der Waals surface area contributed by atoms with Gasteiger partial charge >= 0.3 is 0 Å². The summed E-state index contributed by atoms with van der Waals surface area (Å²) in [6.45, 7) is 8.30. The van der Waals surface area contributed by atoms with Crippen molar-refractivity contribution in [3.8, 4) is 5.75 Å². The predicted octanol–water partition coefficient (Wildman–Crippen LogP) is 5.25. The van der Waals surface area contributed by atoms with Crippen LogP contribution in [0.3, 0.4) is 0 Å². The fraction of sp³-hybridized carbons (Fsp3) is 0.500. The standard InChI is InChI=1S/C28H38N2O3/c1-5-25(28(32)29-24-13-7-6-8-14-24)30(18-23-12-10-9-11-21(23)3)27(31)19-33-26-16-15-20(2)17-22(26)4/h9-12,15-17,24-25H,5-8,13-14,18-19H2,1-4H3,(H,29,32)/t25-/m0/s1. The van der Waals surface area contributed by atoms with Gasteiger partial charge in [-0.15, -0.1) is 0 Å². The normalized spacial score (nSPS) is 15.0. The van der Waals surface area contributed by atoms with E-state index in [1.165, 1.54) is 6.42 Å². The average Bonchev–Trinajstić information content (AvgIpc) is 2.80. The van der Waals surface area contributed by atoms with Gasteiger partial charge in [0.2, 0.25) is 5.91 Å². The first-order chi connectivity index (χ1) is 15.9. The van der Waals surface area contributed by atoms with Crippen molar-refractivity contribution in [2.45, 2.75) is 84.8 Å². The van der Waals surface area contributed by atoms with Gasteiger partial charge in [0.05, 0.1) is 0 Å². The van der Waals surface area contributed by atoms with E-state index < -0.39 is 6.04 Å². The minimum Gasteiger partial charge on any atom is -0.483 e. The van der Waals surface area contributed by atoms with Gasteiger partial charge in [0, 0.05) is 12.6 Å². The number of hydrogen-bond acceptors (Lipinski definition) is 3. The van der Waals surface area contributed by atoms with Gasteiger partial charge in [-0.05, 0) is 62.8 Å². The number of amides is 2. The van der Waals surface area contributed by atoms with Gasteiger partial charge in [0.1, 0.15) is 11.8 Å². The van der Waals surface area contributed by atoms with Gasteiger partial charge in [0.15, 0.2) is 6.61 Å². The molecule has 5 nitrogen and oxygen atoms in total. The van der Waals surface area contributed by atoms with E-state index in [0.717, 1.165) is 47.9 Å². The molecule has 178 valence electrons. The Balaban J connectivity index is 1.78. The number of ether oxygens (including phenoxy) is 1. The van der Waals surface area contributed by atoms with E-state index in [1.54, 1.807) is 4.90 Å². The van der Waals surface area contributed by atoms with Gasteiger partial charge in [-0.3, -0.25) is 9.59 Å². The highest BCUT2D eigenvalue weighted by Gasteiger charge is 2.30. The largest absolute Gasteiger partial charge is 0.483 e. The lowest BCUT2D eigenvalue weighted by molar-refractivity contribution is -0.143. The fourth-order valence-corrected chi connectivity index (χ4v) is 4.62. The van der Waals surface area contributed by atoms with Crippen molar-refractivity contribution in [2.24, 2.45) is 0 Å². The summed E-state index contributed by atoms with van der Waals surface area (Å²) in [4.78, 5) is 28.4. The molecule has 0 aromatic heterocycles. The van der Waals surface area contributed by atoms with Crippen LogP contribution in [0.1, 0.15) is 67.7 Å². The van der Waals surface area contributed by atoms with Crippen LogP contribution < -0.4 is 10.1 Å². The minimum absolute atomic E-state index is 0.0575. The van der Waals surface area contributed by atoms with E-state index in [1.807, 2.05) is 70.2 Å². The molecule has 1 fully saturated rings. The van der Waals surface area contributed by atoms with Crippen molar-refractivity contribution >= 4 is 11.8 Å². The molecule has 3 rings (SSSR count). The van der Waals surface area contributed by atoms with E-state index in [0.29, 0.717) is 18.7 Å². The summed E-state index contributed by atoms with van der Waals surface area (Å²) >= 11 is 0. The maximum absolute atomic E-state index is 13.4. The van der Waals surface area contributed by atoms with Crippen molar-refractivity contribution in [1.29, 1.82) is 0 Å². The van der Waals surface area contributed by atoms with Gasteiger partial charge in [0.25, 0.3) is 5.91 Å². The van der Waals surface area contributed by atoms with Crippen LogP contribution in [0.15, 0.2) is 42.5 Å². The molecule has 1 atom stereocenters. The Hall–Kier alpha value is -2.82. The molecule has 0 heterocycles. The van der Waals surface area contributed by atoms with Crippen molar-refractivity contribution in [2.75, 3.05) is 6.61 Å². The molecule has 1 saturated carbocycles. The molecular weight excluding hydrogens is 412 g/mol. The molecule has 5 heteroatoms. The molecule has 1 aliphatic rings.